The van der Waals surface area contributed by atoms with Crippen molar-refractivity contribution < 1.29 is 9.49 Å². The molecule has 0 fully saturated rings. The monoisotopic (exact) mass is 278 g/mol. The molecule has 1 unspecified atom stereocenters. The summed E-state index contributed by atoms with van der Waals surface area (Å²) >= 11 is 0. The Morgan fingerprint density at radius 3 is 3.00 bits per heavy atom. The molecular weight excluding hydrogens is 262 g/mol. The number of ketones is 1. The van der Waals surface area contributed by atoms with Gasteiger partial charge in [0.05, 0.1) is 0 Å². The molecule has 0 amide bonds. The van der Waals surface area contributed by atoms with Crippen molar-refractivity contribution in [2.24, 2.45) is 5.11 Å². The standard InChI is InChI=1S/C17H16N3O/c18-17-7-2-1-5-13(17)11-16(21)9-8-14-12-15-6-3-4-10-20(15)19-14/h1-10,12,15H,11,18H2/q+1/b9-8+. The van der Waals surface area contributed by atoms with Crippen molar-refractivity contribution in [1.29, 1.82) is 0 Å². The van der Waals surface area contributed by atoms with Gasteiger partial charge in [0.1, 0.15) is 5.70 Å². The van der Waals surface area contributed by atoms with Crippen LogP contribution in [-0.2, 0) is 11.2 Å². The average molecular weight is 278 g/mol. The van der Waals surface area contributed by atoms with Crippen LogP contribution in [0.2, 0.25) is 0 Å². The molecule has 104 valence electrons. The van der Waals surface area contributed by atoms with Gasteiger partial charge in [-0.15, -0.1) is 0 Å². The van der Waals surface area contributed by atoms with Gasteiger partial charge in [0.2, 0.25) is 6.04 Å². The van der Waals surface area contributed by atoms with Crippen molar-refractivity contribution in [3.8, 4) is 0 Å². The van der Waals surface area contributed by atoms with Crippen molar-refractivity contribution in [2.45, 2.75) is 12.5 Å². The topological polar surface area (TPSA) is 58.5 Å². The Bertz CT molecular complexity index is 723. The van der Waals surface area contributed by atoms with E-state index >= 15 is 0 Å². The van der Waals surface area contributed by atoms with Crippen molar-refractivity contribution in [3.05, 3.63) is 78.2 Å². The van der Waals surface area contributed by atoms with Crippen LogP contribution < -0.4 is 5.73 Å². The van der Waals surface area contributed by atoms with E-state index < -0.39 is 0 Å². The molecular formula is C17H16N3O+. The van der Waals surface area contributed by atoms with Gasteiger partial charge in [-0.25, -0.2) is 0 Å². The minimum absolute atomic E-state index is 0.0138. The van der Waals surface area contributed by atoms with Crippen LogP contribution in [0.1, 0.15) is 5.56 Å². The molecule has 2 heterocycles. The van der Waals surface area contributed by atoms with E-state index in [-0.39, 0.29) is 11.8 Å². The normalized spacial score (nSPS) is 19.5. The van der Waals surface area contributed by atoms with Crippen LogP contribution in [0, 0.1) is 0 Å². The Morgan fingerprint density at radius 1 is 1.33 bits per heavy atom. The van der Waals surface area contributed by atoms with E-state index in [1.165, 1.54) is 0 Å². The maximum atomic E-state index is 12.0. The van der Waals surface area contributed by atoms with Crippen LogP contribution in [0.4, 0.5) is 5.69 Å². The van der Waals surface area contributed by atoms with E-state index in [2.05, 4.69) is 11.2 Å². The third-order valence-corrected chi connectivity index (χ3v) is 3.40. The highest BCUT2D eigenvalue weighted by molar-refractivity contribution is 5.92. The van der Waals surface area contributed by atoms with Gasteiger partial charge in [0, 0.05) is 29.4 Å². The Hall–Kier alpha value is -2.75. The number of nitrogens with zero attached hydrogens (tertiary/aromatic N) is 2. The molecule has 0 aliphatic carbocycles. The van der Waals surface area contributed by atoms with Crippen LogP contribution >= 0.6 is 0 Å². The quantitative estimate of drug-likeness (QED) is 0.523. The highest BCUT2D eigenvalue weighted by Crippen LogP contribution is 2.18. The largest absolute Gasteiger partial charge is 0.398 e. The summed E-state index contributed by atoms with van der Waals surface area (Å²) in [4.78, 5) is 12.0. The zero-order valence-electron chi connectivity index (χ0n) is 11.5. The third-order valence-electron chi connectivity index (χ3n) is 3.40. The molecule has 2 aliphatic heterocycles. The average Bonchev–Trinajstić information content (AvgIpc) is 2.90. The number of para-hydroxylation sites is 1. The molecule has 0 saturated carbocycles. The van der Waals surface area contributed by atoms with Gasteiger partial charge in [0.25, 0.3) is 0 Å². The second-order valence-electron chi connectivity index (χ2n) is 4.96. The molecule has 0 bridgehead atoms. The highest BCUT2D eigenvalue weighted by atomic mass is 16.1. The van der Waals surface area contributed by atoms with Gasteiger partial charge in [-0.05, 0) is 29.9 Å². The molecule has 4 heteroatoms. The van der Waals surface area contributed by atoms with Gasteiger partial charge in [-0.2, -0.15) is 0 Å². The van der Waals surface area contributed by atoms with E-state index in [0.717, 1.165) is 11.3 Å². The maximum Gasteiger partial charge on any atom is 0.223 e. The first-order chi connectivity index (χ1) is 10.2. The van der Waals surface area contributed by atoms with Crippen molar-refractivity contribution in [2.75, 3.05) is 5.73 Å². The number of anilines is 1. The summed E-state index contributed by atoms with van der Waals surface area (Å²) < 4.78 is 1.86. The first-order valence-electron chi connectivity index (χ1n) is 6.83. The maximum absolute atomic E-state index is 12.0. The first-order valence-corrected chi connectivity index (χ1v) is 6.83. The van der Waals surface area contributed by atoms with Crippen LogP contribution in [0.15, 0.2) is 77.7 Å². The minimum atomic E-state index is 0.0138. The number of carbonyl (C=O) groups is 1. The fourth-order valence-corrected chi connectivity index (χ4v) is 2.29. The lowest BCUT2D eigenvalue weighted by atomic mass is 10.1. The molecule has 4 nitrogen and oxygen atoms in total. The SMILES string of the molecule is Nc1ccccc1CC(=O)/C=C/C1=CC2C=CC=C[N+]2=N1. The van der Waals surface area contributed by atoms with E-state index in [0.29, 0.717) is 12.1 Å². The second-order valence-corrected chi connectivity index (χ2v) is 4.96. The number of fused-ring (bicyclic) bond motifs is 1. The van der Waals surface area contributed by atoms with Crippen LogP contribution in [-0.4, -0.2) is 16.5 Å². The molecule has 0 aromatic heterocycles. The number of hydrogen-bond donors (Lipinski definition) is 1. The molecule has 1 aromatic rings. The molecule has 1 atom stereocenters. The third kappa shape index (κ3) is 3.05. The molecule has 21 heavy (non-hydrogen) atoms. The number of allylic oxidation sites excluding steroid dienone is 4. The van der Waals surface area contributed by atoms with Crippen LogP contribution in [0.3, 0.4) is 0 Å². The number of benzene rings is 1. The van der Waals surface area contributed by atoms with E-state index in [1.807, 2.05) is 47.3 Å². The number of azo groups is 2. The summed E-state index contributed by atoms with van der Waals surface area (Å²) in [6.45, 7) is 0. The summed E-state index contributed by atoms with van der Waals surface area (Å²) in [5.41, 5.74) is 8.14. The summed E-state index contributed by atoms with van der Waals surface area (Å²) in [5.74, 6) is 0.0138. The summed E-state index contributed by atoms with van der Waals surface area (Å²) in [5, 5.41) is 4.40. The molecule has 2 N–H and O–H groups in total. The zero-order valence-corrected chi connectivity index (χ0v) is 11.5. The lowest BCUT2D eigenvalue weighted by Gasteiger charge is -2.01. The van der Waals surface area contributed by atoms with Crippen molar-refractivity contribution in [3.63, 3.8) is 0 Å². The van der Waals surface area contributed by atoms with Crippen LogP contribution in [0.5, 0.6) is 0 Å². The van der Waals surface area contributed by atoms with Gasteiger partial charge in [-0.3, -0.25) is 4.79 Å². The van der Waals surface area contributed by atoms with E-state index in [1.54, 1.807) is 18.2 Å². The predicted octanol–water partition coefficient (Wildman–Crippen LogP) is 2.75. The van der Waals surface area contributed by atoms with Crippen molar-refractivity contribution >= 4 is 11.5 Å². The fraction of sp³-hybridized carbons (Fsp3) is 0.118. The van der Waals surface area contributed by atoms with Gasteiger partial charge in [-0.1, -0.05) is 29.0 Å². The number of nitrogen functional groups attached to an aromatic ring is 1. The Balaban J connectivity index is 1.66. The first kappa shape index (κ1) is 13.2. The molecule has 2 aliphatic rings. The van der Waals surface area contributed by atoms with Gasteiger partial charge < -0.3 is 5.73 Å². The number of nitrogens with two attached hydrogens (primary N) is 1. The Morgan fingerprint density at radius 2 is 2.19 bits per heavy atom. The number of carbonyl (C=O) groups excluding carboxylic acids is 1. The predicted molar refractivity (Wildman–Crippen MR) is 81.5 cm³/mol. The molecule has 1 aromatic carbocycles. The van der Waals surface area contributed by atoms with Crippen LogP contribution in [0.25, 0.3) is 0 Å². The number of hydrogen-bond acceptors (Lipinski definition) is 3. The summed E-state index contributed by atoms with van der Waals surface area (Å²) in [6.07, 6.45) is 13.5. The smallest absolute Gasteiger partial charge is 0.223 e. The summed E-state index contributed by atoms with van der Waals surface area (Å²) in [7, 11) is 0. The lowest BCUT2D eigenvalue weighted by Crippen LogP contribution is -2.13. The zero-order chi connectivity index (χ0) is 14.7. The lowest BCUT2D eigenvalue weighted by molar-refractivity contribution is -0.535. The molecule has 0 radical (unpaired) electrons. The Kier molecular flexibility index (Phi) is 3.60. The molecule has 0 saturated heterocycles. The Labute approximate surface area is 123 Å². The van der Waals surface area contributed by atoms with Gasteiger partial charge >= 0.3 is 0 Å². The van der Waals surface area contributed by atoms with E-state index in [9.17, 15) is 4.79 Å². The summed E-state index contributed by atoms with van der Waals surface area (Å²) in [6, 6.07) is 7.58. The highest BCUT2D eigenvalue weighted by Gasteiger charge is 2.24. The fourth-order valence-electron chi connectivity index (χ4n) is 2.29. The minimum Gasteiger partial charge on any atom is -0.398 e. The van der Waals surface area contributed by atoms with Crippen molar-refractivity contribution in [1.82, 2.24) is 0 Å². The van der Waals surface area contributed by atoms with Gasteiger partial charge in [0.15, 0.2) is 12.0 Å². The second kappa shape index (κ2) is 5.71. The number of rotatable bonds is 4. The molecule has 0 spiro atoms. The van der Waals surface area contributed by atoms with E-state index in [4.69, 9.17) is 5.73 Å². The molecule has 3 rings (SSSR count).